The molecule has 0 bridgehead atoms. The van der Waals surface area contributed by atoms with E-state index in [0.29, 0.717) is 32.0 Å². The van der Waals surface area contributed by atoms with E-state index in [4.69, 9.17) is 4.74 Å². The van der Waals surface area contributed by atoms with Crippen LogP contribution in [0.2, 0.25) is 0 Å². The number of phenolic OH excluding ortho intramolecular Hbond substituents is 1. The van der Waals surface area contributed by atoms with Crippen molar-refractivity contribution < 1.29 is 19.4 Å². The van der Waals surface area contributed by atoms with E-state index in [1.165, 1.54) is 13.1 Å². The number of rotatable bonds is 5. The van der Waals surface area contributed by atoms with Gasteiger partial charge in [-0.15, -0.1) is 0 Å². The van der Waals surface area contributed by atoms with Gasteiger partial charge in [-0.1, -0.05) is 22.0 Å². The summed E-state index contributed by atoms with van der Waals surface area (Å²) in [6, 6.07) is 8.56. The van der Waals surface area contributed by atoms with Crippen LogP contribution in [0.1, 0.15) is 11.1 Å². The SMILES string of the molecule is CN1C(=O)S/C(=C\c2cc(OCc3cnc(-c4ccccn4)nc3)c(O)cc2Br)C1=O. The maximum Gasteiger partial charge on any atom is 0.293 e. The molecular formula is C21H15BrN4O4S. The quantitative estimate of drug-likeness (QED) is 0.520. The molecule has 3 aromatic rings. The number of pyridine rings is 1. The van der Waals surface area contributed by atoms with E-state index in [9.17, 15) is 14.7 Å². The van der Waals surface area contributed by atoms with Gasteiger partial charge in [-0.25, -0.2) is 9.97 Å². The number of imide groups is 1. The number of hydrogen-bond acceptors (Lipinski definition) is 8. The summed E-state index contributed by atoms with van der Waals surface area (Å²) >= 11 is 4.22. The number of carbonyl (C=O) groups excluding carboxylic acids is 2. The zero-order valence-corrected chi connectivity index (χ0v) is 18.6. The van der Waals surface area contributed by atoms with Gasteiger partial charge in [-0.3, -0.25) is 19.5 Å². The first-order chi connectivity index (χ1) is 14.9. The summed E-state index contributed by atoms with van der Waals surface area (Å²) in [6.45, 7) is 0.128. The highest BCUT2D eigenvalue weighted by molar-refractivity contribution is 9.10. The predicted molar refractivity (Wildman–Crippen MR) is 119 cm³/mol. The smallest absolute Gasteiger partial charge is 0.293 e. The summed E-state index contributed by atoms with van der Waals surface area (Å²) in [5, 5.41) is 9.90. The molecule has 0 atom stereocenters. The summed E-state index contributed by atoms with van der Waals surface area (Å²) in [4.78, 5) is 38.0. The molecule has 3 heterocycles. The van der Waals surface area contributed by atoms with Crippen molar-refractivity contribution in [3.63, 3.8) is 0 Å². The van der Waals surface area contributed by atoms with E-state index >= 15 is 0 Å². The number of likely N-dealkylation sites (N-methyl/N-ethyl adjacent to an activating group) is 1. The Morgan fingerprint density at radius 3 is 2.61 bits per heavy atom. The van der Waals surface area contributed by atoms with E-state index in [2.05, 4.69) is 30.9 Å². The third kappa shape index (κ3) is 4.59. The molecule has 0 radical (unpaired) electrons. The van der Waals surface area contributed by atoms with Crippen molar-refractivity contribution in [2.45, 2.75) is 6.61 Å². The molecule has 2 amide bonds. The Labute approximate surface area is 190 Å². The van der Waals surface area contributed by atoms with Crippen LogP contribution >= 0.6 is 27.7 Å². The Kier molecular flexibility index (Phi) is 6.01. The lowest BCUT2D eigenvalue weighted by molar-refractivity contribution is -0.121. The molecule has 1 aliphatic rings. The highest BCUT2D eigenvalue weighted by Gasteiger charge is 2.32. The summed E-state index contributed by atoms with van der Waals surface area (Å²) in [6.07, 6.45) is 6.51. The fourth-order valence-corrected chi connectivity index (χ4v) is 3.95. The second-order valence-electron chi connectivity index (χ2n) is 6.50. The fourth-order valence-electron chi connectivity index (χ4n) is 2.69. The molecule has 31 heavy (non-hydrogen) atoms. The van der Waals surface area contributed by atoms with Gasteiger partial charge in [-0.05, 0) is 47.7 Å². The zero-order chi connectivity index (χ0) is 22.0. The number of amides is 2. The molecule has 2 aromatic heterocycles. The monoisotopic (exact) mass is 498 g/mol. The molecule has 1 aromatic carbocycles. The summed E-state index contributed by atoms with van der Waals surface area (Å²) in [5.74, 6) is 0.281. The largest absolute Gasteiger partial charge is 0.504 e. The van der Waals surface area contributed by atoms with Crippen LogP contribution in [-0.4, -0.2) is 43.2 Å². The third-order valence-corrected chi connectivity index (χ3v) is 5.99. The molecule has 156 valence electrons. The Hall–Kier alpha value is -3.24. The number of hydrogen-bond donors (Lipinski definition) is 1. The predicted octanol–water partition coefficient (Wildman–Crippen LogP) is 4.25. The molecular weight excluding hydrogens is 484 g/mol. The summed E-state index contributed by atoms with van der Waals surface area (Å²) in [5.41, 5.74) is 1.96. The van der Waals surface area contributed by atoms with Crippen molar-refractivity contribution in [2.75, 3.05) is 7.05 Å². The Morgan fingerprint density at radius 1 is 1.19 bits per heavy atom. The van der Waals surface area contributed by atoms with Gasteiger partial charge in [0.2, 0.25) is 0 Å². The molecule has 10 heteroatoms. The lowest BCUT2D eigenvalue weighted by Crippen LogP contribution is -2.22. The van der Waals surface area contributed by atoms with Crippen LogP contribution in [0.4, 0.5) is 4.79 Å². The fraction of sp³-hybridized carbons (Fsp3) is 0.0952. The molecule has 1 aliphatic heterocycles. The van der Waals surface area contributed by atoms with Gasteiger partial charge in [0.1, 0.15) is 12.3 Å². The van der Waals surface area contributed by atoms with Crippen LogP contribution in [0.3, 0.4) is 0 Å². The van der Waals surface area contributed by atoms with Crippen molar-refractivity contribution in [1.82, 2.24) is 19.9 Å². The maximum atomic E-state index is 12.1. The van der Waals surface area contributed by atoms with E-state index in [0.717, 1.165) is 16.7 Å². The topological polar surface area (TPSA) is 106 Å². The van der Waals surface area contributed by atoms with Crippen molar-refractivity contribution in [3.05, 3.63) is 69.4 Å². The molecule has 1 fully saturated rings. The summed E-state index contributed by atoms with van der Waals surface area (Å²) in [7, 11) is 1.43. The molecule has 0 unspecified atom stereocenters. The van der Waals surface area contributed by atoms with Crippen molar-refractivity contribution in [3.8, 4) is 23.0 Å². The lowest BCUT2D eigenvalue weighted by atomic mass is 10.2. The first-order valence-electron chi connectivity index (χ1n) is 9.01. The van der Waals surface area contributed by atoms with Crippen molar-refractivity contribution >= 4 is 44.9 Å². The zero-order valence-electron chi connectivity index (χ0n) is 16.2. The Bertz CT molecular complexity index is 1190. The first kappa shape index (κ1) is 21.0. The number of ether oxygens (including phenoxy) is 1. The highest BCUT2D eigenvalue weighted by Crippen LogP contribution is 2.37. The molecule has 1 saturated heterocycles. The molecule has 0 spiro atoms. The second-order valence-corrected chi connectivity index (χ2v) is 8.35. The van der Waals surface area contributed by atoms with Crippen molar-refractivity contribution in [1.29, 1.82) is 0 Å². The average molecular weight is 499 g/mol. The number of aromatic hydroxyl groups is 1. The molecule has 1 N–H and O–H groups in total. The number of thioether (sulfide) groups is 1. The van der Waals surface area contributed by atoms with Gasteiger partial charge in [0.15, 0.2) is 17.3 Å². The van der Waals surface area contributed by atoms with Crippen LogP contribution in [0.5, 0.6) is 11.5 Å². The minimum atomic E-state index is -0.373. The number of benzene rings is 1. The minimum absolute atomic E-state index is 0.0707. The lowest BCUT2D eigenvalue weighted by Gasteiger charge is -2.11. The average Bonchev–Trinajstić information content (AvgIpc) is 3.02. The number of phenols is 1. The molecule has 0 aliphatic carbocycles. The maximum absolute atomic E-state index is 12.1. The van der Waals surface area contributed by atoms with Crippen LogP contribution < -0.4 is 4.74 Å². The van der Waals surface area contributed by atoms with E-state index < -0.39 is 0 Å². The van der Waals surface area contributed by atoms with Crippen LogP contribution in [0.15, 0.2) is 58.3 Å². The second kappa shape index (κ2) is 8.86. The summed E-state index contributed by atoms with van der Waals surface area (Å²) < 4.78 is 6.29. The number of nitrogens with zero attached hydrogens (tertiary/aromatic N) is 4. The van der Waals surface area contributed by atoms with Gasteiger partial charge < -0.3 is 9.84 Å². The highest BCUT2D eigenvalue weighted by atomic mass is 79.9. The van der Waals surface area contributed by atoms with Crippen LogP contribution in [0.25, 0.3) is 17.6 Å². The first-order valence-corrected chi connectivity index (χ1v) is 10.6. The van der Waals surface area contributed by atoms with Gasteiger partial charge in [0.25, 0.3) is 11.1 Å². The third-order valence-electron chi connectivity index (χ3n) is 4.35. The number of carbonyl (C=O) groups is 2. The van der Waals surface area contributed by atoms with E-state index in [1.807, 2.05) is 18.2 Å². The normalized spacial score (nSPS) is 15.0. The van der Waals surface area contributed by atoms with Gasteiger partial charge >= 0.3 is 0 Å². The van der Waals surface area contributed by atoms with Crippen molar-refractivity contribution in [2.24, 2.45) is 0 Å². The van der Waals surface area contributed by atoms with Gasteiger partial charge in [-0.2, -0.15) is 0 Å². The van der Waals surface area contributed by atoms with E-state index in [1.54, 1.807) is 30.7 Å². The van der Waals surface area contributed by atoms with Crippen LogP contribution in [-0.2, 0) is 11.4 Å². The van der Waals surface area contributed by atoms with Gasteiger partial charge in [0, 0.05) is 35.7 Å². The Morgan fingerprint density at radius 2 is 1.97 bits per heavy atom. The number of halogens is 1. The standard InChI is InChI=1S/C21H15BrN4O4S/c1-26-20(28)18(31-21(26)29)7-13-6-17(16(27)8-14(13)22)30-11-12-9-24-19(25-10-12)15-4-2-3-5-23-15/h2-10,27H,11H2,1H3/b18-7-. The van der Waals surface area contributed by atoms with E-state index in [-0.39, 0.29) is 29.3 Å². The van der Waals surface area contributed by atoms with Crippen LogP contribution in [0, 0.1) is 0 Å². The molecule has 8 nitrogen and oxygen atoms in total. The number of aromatic nitrogens is 3. The molecule has 0 saturated carbocycles. The Balaban J connectivity index is 1.51. The van der Waals surface area contributed by atoms with Gasteiger partial charge in [0.05, 0.1) is 4.91 Å². The molecule has 4 rings (SSSR count). The minimum Gasteiger partial charge on any atom is -0.504 e.